The molecule has 0 atom stereocenters. The van der Waals surface area contributed by atoms with Gasteiger partial charge < -0.3 is 9.47 Å². The number of hydrogen-bond acceptors (Lipinski definition) is 1. The van der Waals surface area contributed by atoms with Gasteiger partial charge in [0.2, 0.25) is 0 Å². The van der Waals surface area contributed by atoms with Crippen molar-refractivity contribution in [1.82, 2.24) is 4.57 Å². The van der Waals surface area contributed by atoms with Crippen LogP contribution in [-0.4, -0.2) is 4.57 Å². The van der Waals surface area contributed by atoms with Gasteiger partial charge in [-0.15, -0.1) is 0 Å². The van der Waals surface area contributed by atoms with Crippen molar-refractivity contribution in [2.45, 2.75) is 5.41 Å². The third-order valence-electron chi connectivity index (χ3n) is 13.0. The van der Waals surface area contributed by atoms with Gasteiger partial charge in [-0.2, -0.15) is 0 Å². The number of anilines is 3. The lowest BCUT2D eigenvalue weighted by Crippen LogP contribution is -2.28. The molecule has 0 saturated heterocycles. The second kappa shape index (κ2) is 15.1. The quantitative estimate of drug-likeness (QED) is 0.139. The fourth-order valence-electron chi connectivity index (χ4n) is 10.4. The molecule has 0 saturated carbocycles. The summed E-state index contributed by atoms with van der Waals surface area (Å²) in [5.74, 6) is 0. The Hall–Kier alpha value is -8.20. The molecule has 0 aliphatic heterocycles. The molecule has 11 aromatic rings. The minimum atomic E-state index is -0.438. The zero-order chi connectivity index (χ0) is 41.7. The number of rotatable bonds is 8. The van der Waals surface area contributed by atoms with E-state index < -0.39 is 5.41 Å². The normalized spacial score (nSPS) is 12.8. The van der Waals surface area contributed by atoms with Crippen LogP contribution in [-0.2, 0) is 5.41 Å². The molecule has 0 N–H and O–H groups in total. The lowest BCUT2D eigenvalue weighted by molar-refractivity contribution is 0.768. The molecule has 0 unspecified atom stereocenters. The molecular formula is C61H42N2. The first-order valence-corrected chi connectivity index (χ1v) is 21.8. The van der Waals surface area contributed by atoms with Crippen molar-refractivity contribution in [3.63, 3.8) is 0 Å². The average Bonchev–Trinajstić information content (AvgIpc) is 3.85. The summed E-state index contributed by atoms with van der Waals surface area (Å²) in [7, 11) is 0. The largest absolute Gasteiger partial charge is 0.310 e. The van der Waals surface area contributed by atoms with E-state index in [0.717, 1.165) is 33.8 Å². The SMILES string of the molecule is C(=C\c1cccc2c1-c1ccccc1C2(c1ccccc1)c1ccccc1)/c1ccc2c3ccc(N(c4ccccc4)c4ccccc4)cc3n(-c3cccc4ccccc34)c2c1. The Morgan fingerprint density at radius 1 is 0.381 bits per heavy atom. The smallest absolute Gasteiger partial charge is 0.0713 e. The van der Waals surface area contributed by atoms with E-state index in [0.29, 0.717) is 0 Å². The second-order valence-corrected chi connectivity index (χ2v) is 16.4. The Morgan fingerprint density at radius 3 is 1.65 bits per heavy atom. The highest BCUT2D eigenvalue weighted by atomic mass is 15.1. The van der Waals surface area contributed by atoms with E-state index >= 15 is 0 Å². The third-order valence-corrected chi connectivity index (χ3v) is 13.0. The minimum absolute atomic E-state index is 0.438. The Balaban J connectivity index is 1.05. The topological polar surface area (TPSA) is 8.17 Å². The van der Waals surface area contributed by atoms with Crippen LogP contribution in [0.15, 0.2) is 243 Å². The van der Waals surface area contributed by atoms with Crippen LogP contribution in [0.2, 0.25) is 0 Å². The number of benzene rings is 10. The molecule has 1 aliphatic carbocycles. The van der Waals surface area contributed by atoms with E-state index in [1.807, 2.05) is 0 Å². The van der Waals surface area contributed by atoms with Crippen molar-refractivity contribution >= 4 is 61.8 Å². The number of nitrogens with zero attached hydrogens (tertiary/aromatic N) is 2. The van der Waals surface area contributed by atoms with E-state index in [2.05, 4.69) is 264 Å². The first kappa shape index (κ1) is 36.6. The van der Waals surface area contributed by atoms with Gasteiger partial charge in [-0.05, 0) is 98.4 Å². The standard InChI is InChI=1S/C61H42N2/c1-5-22-46(23-6-1)61(47-24-7-2-8-25-47)55-32-16-15-31-54(55)60-45(21-17-33-56(60)61)37-35-43-36-39-52-53-40-38-50(62(48-26-9-3-10-27-48)49-28-11-4-12-29-49)42-59(53)63(58(52)41-43)57-34-18-20-44-19-13-14-30-51(44)57/h1-42H/b37-35+. The lowest BCUT2D eigenvalue weighted by atomic mass is 9.67. The Labute approximate surface area is 367 Å². The predicted molar refractivity (Wildman–Crippen MR) is 266 cm³/mol. The molecule has 10 aromatic carbocycles. The summed E-state index contributed by atoms with van der Waals surface area (Å²) >= 11 is 0. The van der Waals surface area contributed by atoms with Crippen LogP contribution in [0, 0.1) is 0 Å². The lowest BCUT2D eigenvalue weighted by Gasteiger charge is -2.33. The first-order chi connectivity index (χ1) is 31.3. The summed E-state index contributed by atoms with van der Waals surface area (Å²) in [6.45, 7) is 0. The van der Waals surface area contributed by atoms with Crippen molar-refractivity contribution in [2.75, 3.05) is 4.90 Å². The Kier molecular flexibility index (Phi) is 8.76. The Bertz CT molecular complexity index is 3410. The van der Waals surface area contributed by atoms with Crippen LogP contribution in [0.25, 0.3) is 61.5 Å². The van der Waals surface area contributed by atoms with Crippen molar-refractivity contribution in [3.05, 3.63) is 276 Å². The van der Waals surface area contributed by atoms with Gasteiger partial charge >= 0.3 is 0 Å². The Morgan fingerprint density at radius 2 is 0.937 bits per heavy atom. The highest BCUT2D eigenvalue weighted by Gasteiger charge is 2.46. The number of fused-ring (bicyclic) bond motifs is 7. The molecule has 63 heavy (non-hydrogen) atoms. The van der Waals surface area contributed by atoms with Crippen molar-refractivity contribution in [2.24, 2.45) is 0 Å². The van der Waals surface area contributed by atoms with E-state index in [9.17, 15) is 0 Å². The minimum Gasteiger partial charge on any atom is -0.310 e. The summed E-state index contributed by atoms with van der Waals surface area (Å²) in [5.41, 5.74) is 16.5. The predicted octanol–water partition coefficient (Wildman–Crippen LogP) is 15.9. The number of aromatic nitrogens is 1. The number of para-hydroxylation sites is 2. The molecule has 2 nitrogen and oxygen atoms in total. The maximum absolute atomic E-state index is 2.48. The zero-order valence-electron chi connectivity index (χ0n) is 34.6. The maximum Gasteiger partial charge on any atom is 0.0713 e. The average molecular weight is 803 g/mol. The van der Waals surface area contributed by atoms with Crippen LogP contribution in [0.3, 0.4) is 0 Å². The van der Waals surface area contributed by atoms with Crippen molar-refractivity contribution in [1.29, 1.82) is 0 Å². The molecule has 12 rings (SSSR count). The molecule has 1 aromatic heterocycles. The maximum atomic E-state index is 2.48. The van der Waals surface area contributed by atoms with E-state index in [-0.39, 0.29) is 0 Å². The molecule has 0 spiro atoms. The first-order valence-electron chi connectivity index (χ1n) is 21.8. The fourth-order valence-corrected chi connectivity index (χ4v) is 10.4. The van der Waals surface area contributed by atoms with E-state index in [1.54, 1.807) is 0 Å². The van der Waals surface area contributed by atoms with Crippen molar-refractivity contribution in [3.8, 4) is 16.8 Å². The molecular weight excluding hydrogens is 761 g/mol. The molecule has 2 heteroatoms. The van der Waals surface area contributed by atoms with Gasteiger partial charge in [-0.25, -0.2) is 0 Å². The number of hydrogen-bond donors (Lipinski definition) is 0. The molecule has 0 fully saturated rings. The van der Waals surface area contributed by atoms with Gasteiger partial charge in [0.15, 0.2) is 0 Å². The zero-order valence-corrected chi connectivity index (χ0v) is 34.6. The highest BCUT2D eigenvalue weighted by molar-refractivity contribution is 6.12. The van der Waals surface area contributed by atoms with Crippen LogP contribution in [0.5, 0.6) is 0 Å². The highest BCUT2D eigenvalue weighted by Crippen LogP contribution is 2.57. The monoisotopic (exact) mass is 802 g/mol. The molecule has 1 heterocycles. The van der Waals surface area contributed by atoms with Crippen molar-refractivity contribution < 1.29 is 0 Å². The van der Waals surface area contributed by atoms with E-state index in [4.69, 9.17) is 0 Å². The molecule has 1 aliphatic rings. The van der Waals surface area contributed by atoms with Crippen LogP contribution >= 0.6 is 0 Å². The fraction of sp³-hybridized carbons (Fsp3) is 0.0164. The summed E-state index contributed by atoms with van der Waals surface area (Å²) < 4.78 is 2.48. The van der Waals surface area contributed by atoms with Gasteiger partial charge in [-0.3, -0.25) is 0 Å². The summed E-state index contributed by atoms with van der Waals surface area (Å²) in [4.78, 5) is 2.35. The van der Waals surface area contributed by atoms with E-state index in [1.165, 1.54) is 66.0 Å². The van der Waals surface area contributed by atoms with Gasteiger partial charge in [0, 0.05) is 33.2 Å². The summed E-state index contributed by atoms with van der Waals surface area (Å²) in [6.07, 6.45) is 4.62. The van der Waals surface area contributed by atoms with Gasteiger partial charge in [0.1, 0.15) is 0 Å². The third kappa shape index (κ3) is 5.87. The molecule has 0 amide bonds. The van der Waals surface area contributed by atoms with Crippen LogP contribution < -0.4 is 4.90 Å². The summed E-state index contributed by atoms with van der Waals surface area (Å²) in [6, 6.07) is 88.5. The molecule has 296 valence electrons. The van der Waals surface area contributed by atoms with Crippen LogP contribution in [0.4, 0.5) is 17.1 Å². The summed E-state index contributed by atoms with van der Waals surface area (Å²) in [5, 5.41) is 4.87. The van der Waals surface area contributed by atoms with Gasteiger partial charge in [0.25, 0.3) is 0 Å². The molecule has 0 radical (unpaired) electrons. The second-order valence-electron chi connectivity index (χ2n) is 16.4. The molecule has 0 bridgehead atoms. The van der Waals surface area contributed by atoms with Crippen LogP contribution in [0.1, 0.15) is 33.4 Å². The van der Waals surface area contributed by atoms with Gasteiger partial charge in [0.05, 0.1) is 22.1 Å². The van der Waals surface area contributed by atoms with Gasteiger partial charge in [-0.1, -0.05) is 206 Å².